The maximum absolute atomic E-state index is 13.8. The molecule has 198 valence electrons. The molecule has 7 nitrogen and oxygen atoms in total. The quantitative estimate of drug-likeness (QED) is 0.436. The van der Waals surface area contributed by atoms with E-state index in [0.29, 0.717) is 44.3 Å². The van der Waals surface area contributed by atoms with Gasteiger partial charge < -0.3 is 23.7 Å². The number of carbonyl (C=O) groups is 2. The zero-order chi connectivity index (χ0) is 26.2. The molecule has 7 heteroatoms. The minimum absolute atomic E-state index is 0.0279. The monoisotopic (exact) mass is 514 g/mol. The normalized spacial score (nSPS) is 17.8. The first-order valence-corrected chi connectivity index (χ1v) is 13.6. The van der Waals surface area contributed by atoms with E-state index in [2.05, 4.69) is 16.7 Å². The van der Waals surface area contributed by atoms with E-state index < -0.39 is 0 Å². The molecule has 2 aromatic carbocycles. The second kappa shape index (κ2) is 10.3. The maximum Gasteiger partial charge on any atom is 0.337 e. The van der Waals surface area contributed by atoms with Crippen molar-refractivity contribution in [1.29, 1.82) is 0 Å². The highest BCUT2D eigenvalue weighted by molar-refractivity contribution is 6.03. The Morgan fingerprint density at radius 1 is 0.974 bits per heavy atom. The van der Waals surface area contributed by atoms with Crippen molar-refractivity contribution in [3.8, 4) is 17.0 Å². The maximum atomic E-state index is 13.8. The fourth-order valence-corrected chi connectivity index (χ4v) is 6.39. The Balaban J connectivity index is 1.60. The van der Waals surface area contributed by atoms with Crippen LogP contribution in [0.1, 0.15) is 59.5 Å². The number of aromatic nitrogens is 1. The van der Waals surface area contributed by atoms with Crippen LogP contribution in [-0.2, 0) is 20.8 Å². The molecular weight excluding hydrogens is 480 g/mol. The van der Waals surface area contributed by atoms with Crippen LogP contribution in [-0.4, -0.2) is 61.9 Å². The van der Waals surface area contributed by atoms with Crippen molar-refractivity contribution in [3.05, 3.63) is 58.7 Å². The SMILES string of the molecule is COC(=O)c1ccc2c(C3CCCCC3)c3n(c2c1)CC(C(=O)N1CCOCC1)=Cc1cc(OC)ccc1-3. The van der Waals surface area contributed by atoms with Gasteiger partial charge in [-0.3, -0.25) is 4.79 Å². The molecule has 3 heterocycles. The van der Waals surface area contributed by atoms with Crippen molar-refractivity contribution in [3.63, 3.8) is 0 Å². The summed E-state index contributed by atoms with van der Waals surface area (Å²) < 4.78 is 18.4. The molecule has 1 saturated heterocycles. The smallest absolute Gasteiger partial charge is 0.337 e. The number of methoxy groups -OCH3 is 2. The molecule has 1 amide bonds. The Labute approximate surface area is 223 Å². The fourth-order valence-electron chi connectivity index (χ4n) is 6.39. The van der Waals surface area contributed by atoms with E-state index in [1.807, 2.05) is 35.2 Å². The second-order valence-corrected chi connectivity index (χ2v) is 10.4. The van der Waals surface area contributed by atoms with E-state index in [-0.39, 0.29) is 11.9 Å². The highest BCUT2D eigenvalue weighted by Crippen LogP contribution is 2.47. The molecule has 1 aromatic heterocycles. The predicted molar refractivity (Wildman–Crippen MR) is 146 cm³/mol. The summed E-state index contributed by atoms with van der Waals surface area (Å²) in [6.07, 6.45) is 8.01. The number of carbonyl (C=O) groups excluding carboxylic acids is 2. The lowest BCUT2D eigenvalue weighted by Gasteiger charge is -2.28. The average molecular weight is 515 g/mol. The van der Waals surface area contributed by atoms with Gasteiger partial charge in [-0.2, -0.15) is 0 Å². The first kappa shape index (κ1) is 24.7. The molecule has 1 saturated carbocycles. The molecule has 0 bridgehead atoms. The molecule has 0 spiro atoms. The molecule has 2 fully saturated rings. The third-order valence-corrected chi connectivity index (χ3v) is 8.28. The van der Waals surface area contributed by atoms with E-state index in [1.165, 1.54) is 31.9 Å². The fraction of sp³-hybridized carbons (Fsp3) is 0.419. The lowest BCUT2D eigenvalue weighted by molar-refractivity contribution is -0.131. The van der Waals surface area contributed by atoms with Crippen molar-refractivity contribution in [1.82, 2.24) is 9.47 Å². The van der Waals surface area contributed by atoms with Crippen molar-refractivity contribution < 1.29 is 23.8 Å². The second-order valence-electron chi connectivity index (χ2n) is 10.4. The van der Waals surface area contributed by atoms with Crippen molar-refractivity contribution in [2.45, 2.75) is 44.6 Å². The number of morpholine rings is 1. The van der Waals surface area contributed by atoms with Crippen LogP contribution in [0.5, 0.6) is 5.75 Å². The number of amides is 1. The lowest BCUT2D eigenvalue weighted by atomic mass is 9.81. The Hall–Kier alpha value is -3.58. The molecular formula is C31H34N2O5. The topological polar surface area (TPSA) is 70.0 Å². The van der Waals surface area contributed by atoms with Crippen LogP contribution in [0.4, 0.5) is 0 Å². The molecule has 1 aliphatic carbocycles. The van der Waals surface area contributed by atoms with Gasteiger partial charge in [0.25, 0.3) is 5.91 Å². The van der Waals surface area contributed by atoms with Crippen LogP contribution in [0, 0.1) is 0 Å². The number of rotatable bonds is 4. The molecule has 38 heavy (non-hydrogen) atoms. The van der Waals surface area contributed by atoms with Gasteiger partial charge in [0, 0.05) is 35.1 Å². The lowest BCUT2D eigenvalue weighted by Crippen LogP contribution is -2.41. The van der Waals surface area contributed by atoms with Crippen LogP contribution in [0.2, 0.25) is 0 Å². The van der Waals surface area contributed by atoms with E-state index >= 15 is 0 Å². The highest BCUT2D eigenvalue weighted by atomic mass is 16.5. The molecule has 3 aliphatic rings. The Morgan fingerprint density at radius 3 is 2.50 bits per heavy atom. The van der Waals surface area contributed by atoms with Crippen LogP contribution in [0.3, 0.4) is 0 Å². The predicted octanol–water partition coefficient (Wildman–Crippen LogP) is 5.41. The number of benzene rings is 2. The van der Waals surface area contributed by atoms with E-state index in [0.717, 1.165) is 51.9 Å². The number of fused-ring (bicyclic) bond motifs is 5. The minimum atomic E-state index is -0.361. The largest absolute Gasteiger partial charge is 0.497 e. The van der Waals surface area contributed by atoms with Gasteiger partial charge >= 0.3 is 5.97 Å². The number of nitrogens with zero attached hydrogens (tertiary/aromatic N) is 2. The summed E-state index contributed by atoms with van der Waals surface area (Å²) >= 11 is 0. The summed E-state index contributed by atoms with van der Waals surface area (Å²) in [7, 11) is 3.07. The molecule has 0 N–H and O–H groups in total. The van der Waals surface area contributed by atoms with E-state index in [4.69, 9.17) is 14.2 Å². The van der Waals surface area contributed by atoms with E-state index in [9.17, 15) is 9.59 Å². The minimum Gasteiger partial charge on any atom is -0.497 e. The Kier molecular flexibility index (Phi) is 6.70. The van der Waals surface area contributed by atoms with Gasteiger partial charge in [-0.05, 0) is 66.3 Å². The zero-order valence-corrected chi connectivity index (χ0v) is 22.1. The number of ether oxygens (including phenoxy) is 3. The first-order chi connectivity index (χ1) is 18.6. The number of esters is 1. The first-order valence-electron chi connectivity index (χ1n) is 13.6. The van der Waals surface area contributed by atoms with Gasteiger partial charge in [-0.25, -0.2) is 4.79 Å². The van der Waals surface area contributed by atoms with Gasteiger partial charge in [-0.15, -0.1) is 0 Å². The van der Waals surface area contributed by atoms with Gasteiger partial charge in [0.2, 0.25) is 0 Å². The Morgan fingerprint density at radius 2 is 1.76 bits per heavy atom. The highest BCUT2D eigenvalue weighted by Gasteiger charge is 2.31. The van der Waals surface area contributed by atoms with Crippen LogP contribution in [0.15, 0.2) is 42.0 Å². The number of hydrogen-bond acceptors (Lipinski definition) is 5. The molecule has 0 radical (unpaired) electrons. The standard InChI is InChI=1S/C31H34N2O5/c1-36-24-9-11-25-22(17-24)16-23(30(34)32-12-14-38-15-13-32)19-33-27-18-21(31(35)37-2)8-10-26(27)28(29(25)33)20-6-4-3-5-7-20/h8-11,16-18,20H,3-7,12-15,19H2,1-2H3. The molecule has 0 unspecified atom stereocenters. The average Bonchev–Trinajstić information content (AvgIpc) is 3.19. The Bertz CT molecular complexity index is 1420. The summed E-state index contributed by atoms with van der Waals surface area (Å²) in [6, 6.07) is 12.0. The summed E-state index contributed by atoms with van der Waals surface area (Å²) in [5.74, 6) is 0.855. The molecule has 0 atom stereocenters. The van der Waals surface area contributed by atoms with Gasteiger partial charge in [0.1, 0.15) is 5.75 Å². The summed E-state index contributed by atoms with van der Waals surface area (Å²) in [6.45, 7) is 2.70. The summed E-state index contributed by atoms with van der Waals surface area (Å²) in [5.41, 5.74) is 6.74. The van der Waals surface area contributed by atoms with Crippen molar-refractivity contribution in [2.75, 3.05) is 40.5 Å². The van der Waals surface area contributed by atoms with Gasteiger partial charge in [0.15, 0.2) is 0 Å². The van der Waals surface area contributed by atoms with Crippen LogP contribution < -0.4 is 4.74 Å². The van der Waals surface area contributed by atoms with Crippen LogP contribution in [0.25, 0.3) is 28.2 Å². The molecule has 6 rings (SSSR count). The third kappa shape index (κ3) is 4.29. The van der Waals surface area contributed by atoms with Gasteiger partial charge in [-0.1, -0.05) is 25.3 Å². The summed E-state index contributed by atoms with van der Waals surface area (Å²) in [4.78, 5) is 28.2. The third-order valence-electron chi connectivity index (χ3n) is 8.28. The van der Waals surface area contributed by atoms with Crippen molar-refractivity contribution >= 4 is 28.9 Å². The van der Waals surface area contributed by atoms with Crippen LogP contribution >= 0.6 is 0 Å². The van der Waals surface area contributed by atoms with Gasteiger partial charge in [0.05, 0.1) is 45.2 Å². The van der Waals surface area contributed by atoms with Crippen molar-refractivity contribution in [2.24, 2.45) is 0 Å². The molecule has 3 aromatic rings. The van der Waals surface area contributed by atoms with E-state index in [1.54, 1.807) is 7.11 Å². The molecule has 2 aliphatic heterocycles. The zero-order valence-electron chi connectivity index (χ0n) is 22.1. The summed E-state index contributed by atoms with van der Waals surface area (Å²) in [5, 5.41) is 1.15. The number of hydrogen-bond donors (Lipinski definition) is 0.